The highest BCUT2D eigenvalue weighted by molar-refractivity contribution is 6.31. The molecule has 0 radical (unpaired) electrons. The first kappa shape index (κ1) is 18.8. The van der Waals surface area contributed by atoms with Gasteiger partial charge in [0.2, 0.25) is 0 Å². The lowest BCUT2D eigenvalue weighted by molar-refractivity contribution is 0.300. The molecular formula is C20H25ClFNO. The van der Waals surface area contributed by atoms with Gasteiger partial charge in [0.05, 0.1) is 5.02 Å². The van der Waals surface area contributed by atoms with E-state index in [4.69, 9.17) is 16.3 Å². The number of halogens is 2. The van der Waals surface area contributed by atoms with E-state index in [1.807, 2.05) is 24.3 Å². The molecule has 0 bridgehead atoms. The van der Waals surface area contributed by atoms with Crippen LogP contribution in [0, 0.1) is 5.82 Å². The van der Waals surface area contributed by atoms with Gasteiger partial charge >= 0.3 is 0 Å². The van der Waals surface area contributed by atoms with Crippen LogP contribution < -0.4 is 10.1 Å². The quantitative estimate of drug-likeness (QED) is 0.553. The zero-order valence-electron chi connectivity index (χ0n) is 14.2. The van der Waals surface area contributed by atoms with Crippen molar-refractivity contribution in [1.29, 1.82) is 0 Å². The molecular weight excluding hydrogens is 325 g/mol. The highest BCUT2D eigenvalue weighted by Crippen LogP contribution is 2.21. The van der Waals surface area contributed by atoms with Crippen LogP contribution in [0.1, 0.15) is 43.7 Å². The van der Waals surface area contributed by atoms with Gasteiger partial charge in [0.1, 0.15) is 18.2 Å². The van der Waals surface area contributed by atoms with E-state index >= 15 is 0 Å². The predicted octanol–water partition coefficient (Wildman–Crippen LogP) is 5.73. The van der Waals surface area contributed by atoms with Crippen LogP contribution >= 0.6 is 11.6 Å². The second-order valence-electron chi connectivity index (χ2n) is 5.87. The van der Waals surface area contributed by atoms with Gasteiger partial charge in [-0.1, -0.05) is 56.0 Å². The molecule has 4 heteroatoms. The summed E-state index contributed by atoms with van der Waals surface area (Å²) in [7, 11) is 0. The minimum absolute atomic E-state index is 0.126. The Morgan fingerprint density at radius 2 is 1.83 bits per heavy atom. The molecule has 0 heterocycles. The van der Waals surface area contributed by atoms with Gasteiger partial charge in [0.25, 0.3) is 0 Å². The molecule has 0 amide bonds. The first-order valence-corrected chi connectivity index (χ1v) is 8.94. The van der Waals surface area contributed by atoms with E-state index < -0.39 is 0 Å². The van der Waals surface area contributed by atoms with E-state index in [0.29, 0.717) is 16.3 Å². The van der Waals surface area contributed by atoms with Crippen LogP contribution in [0.5, 0.6) is 5.75 Å². The van der Waals surface area contributed by atoms with Gasteiger partial charge in [0, 0.05) is 12.1 Å². The van der Waals surface area contributed by atoms with Gasteiger partial charge in [-0.25, -0.2) is 4.39 Å². The summed E-state index contributed by atoms with van der Waals surface area (Å²) in [6.07, 6.45) is 5.08. The smallest absolute Gasteiger partial charge is 0.131 e. The summed E-state index contributed by atoms with van der Waals surface area (Å²) in [5.41, 5.74) is 1.60. The van der Waals surface area contributed by atoms with E-state index in [-0.39, 0.29) is 12.4 Å². The third kappa shape index (κ3) is 6.14. The van der Waals surface area contributed by atoms with Crippen LogP contribution in [-0.2, 0) is 13.2 Å². The molecule has 24 heavy (non-hydrogen) atoms. The Balaban J connectivity index is 1.76. The number of rotatable bonds is 10. The zero-order valence-corrected chi connectivity index (χ0v) is 14.9. The maximum atomic E-state index is 13.7. The van der Waals surface area contributed by atoms with Crippen molar-refractivity contribution in [2.45, 2.75) is 45.8 Å². The zero-order chi connectivity index (χ0) is 17.2. The molecule has 2 aromatic rings. The Kier molecular flexibility index (Phi) is 8.06. The van der Waals surface area contributed by atoms with E-state index in [2.05, 4.69) is 12.2 Å². The minimum atomic E-state index is -0.341. The SMILES string of the molecule is CCCCCCNCc1ccc(OCc2c(F)cccc2Cl)cc1. The monoisotopic (exact) mass is 349 g/mol. The molecule has 0 atom stereocenters. The lowest BCUT2D eigenvalue weighted by atomic mass is 10.2. The van der Waals surface area contributed by atoms with Gasteiger partial charge in [-0.15, -0.1) is 0 Å². The van der Waals surface area contributed by atoms with Crippen molar-refractivity contribution >= 4 is 11.6 Å². The van der Waals surface area contributed by atoms with Crippen molar-refractivity contribution in [3.63, 3.8) is 0 Å². The summed E-state index contributed by atoms with van der Waals surface area (Å²) in [5.74, 6) is 0.368. The molecule has 0 saturated heterocycles. The Morgan fingerprint density at radius 3 is 2.54 bits per heavy atom. The molecule has 2 aromatic carbocycles. The first-order chi connectivity index (χ1) is 11.7. The Morgan fingerprint density at radius 1 is 1.04 bits per heavy atom. The Hall–Kier alpha value is -1.58. The van der Waals surface area contributed by atoms with Gasteiger partial charge in [-0.3, -0.25) is 0 Å². The summed E-state index contributed by atoms with van der Waals surface area (Å²) < 4.78 is 19.3. The van der Waals surface area contributed by atoms with Crippen LogP contribution in [0.4, 0.5) is 4.39 Å². The fraction of sp³-hybridized carbons (Fsp3) is 0.400. The van der Waals surface area contributed by atoms with Crippen molar-refractivity contribution in [2.24, 2.45) is 0 Å². The third-order valence-electron chi connectivity index (χ3n) is 3.90. The lowest BCUT2D eigenvalue weighted by Gasteiger charge is -2.10. The summed E-state index contributed by atoms with van der Waals surface area (Å²) in [6.45, 7) is 4.24. The number of ether oxygens (including phenoxy) is 1. The van der Waals surface area contributed by atoms with Gasteiger partial charge in [0.15, 0.2) is 0 Å². The van der Waals surface area contributed by atoms with Crippen LogP contribution in [0.15, 0.2) is 42.5 Å². The molecule has 2 rings (SSSR count). The van der Waals surface area contributed by atoms with Crippen LogP contribution in [-0.4, -0.2) is 6.54 Å². The largest absolute Gasteiger partial charge is 0.489 e. The Labute approximate surface area is 149 Å². The second kappa shape index (κ2) is 10.3. The van der Waals surface area contributed by atoms with Gasteiger partial charge < -0.3 is 10.1 Å². The molecule has 0 unspecified atom stereocenters. The van der Waals surface area contributed by atoms with Crippen molar-refractivity contribution in [2.75, 3.05) is 6.54 Å². The third-order valence-corrected chi connectivity index (χ3v) is 4.26. The van der Waals surface area contributed by atoms with Crippen molar-refractivity contribution in [1.82, 2.24) is 5.32 Å². The highest BCUT2D eigenvalue weighted by atomic mass is 35.5. The second-order valence-corrected chi connectivity index (χ2v) is 6.28. The number of benzene rings is 2. The van der Waals surface area contributed by atoms with Crippen molar-refractivity contribution in [3.8, 4) is 5.75 Å². The number of hydrogen-bond donors (Lipinski definition) is 1. The van der Waals surface area contributed by atoms with E-state index in [1.165, 1.54) is 37.3 Å². The summed E-state index contributed by atoms with van der Waals surface area (Å²) in [6, 6.07) is 12.5. The number of hydrogen-bond acceptors (Lipinski definition) is 2. The normalized spacial score (nSPS) is 10.8. The molecule has 2 nitrogen and oxygen atoms in total. The molecule has 0 aromatic heterocycles. The Bertz CT molecular complexity index is 595. The molecule has 0 spiro atoms. The summed E-state index contributed by atoms with van der Waals surface area (Å²) in [5, 5.41) is 3.83. The molecule has 130 valence electrons. The summed E-state index contributed by atoms with van der Waals surface area (Å²) >= 11 is 6.00. The van der Waals surface area contributed by atoms with Crippen molar-refractivity contribution < 1.29 is 9.13 Å². The van der Waals surface area contributed by atoms with Crippen LogP contribution in [0.2, 0.25) is 5.02 Å². The maximum Gasteiger partial charge on any atom is 0.131 e. The van der Waals surface area contributed by atoms with Crippen LogP contribution in [0.3, 0.4) is 0 Å². The summed E-state index contributed by atoms with van der Waals surface area (Å²) in [4.78, 5) is 0. The molecule has 0 aliphatic carbocycles. The maximum absolute atomic E-state index is 13.7. The highest BCUT2D eigenvalue weighted by Gasteiger charge is 2.07. The van der Waals surface area contributed by atoms with Crippen molar-refractivity contribution in [3.05, 3.63) is 64.4 Å². The minimum Gasteiger partial charge on any atom is -0.489 e. The van der Waals surface area contributed by atoms with Crippen LogP contribution in [0.25, 0.3) is 0 Å². The average Bonchev–Trinajstić information content (AvgIpc) is 2.59. The van der Waals surface area contributed by atoms with Gasteiger partial charge in [-0.2, -0.15) is 0 Å². The first-order valence-electron chi connectivity index (χ1n) is 8.56. The number of unbranched alkanes of at least 4 members (excludes halogenated alkanes) is 3. The topological polar surface area (TPSA) is 21.3 Å². The number of nitrogens with one attached hydrogen (secondary N) is 1. The average molecular weight is 350 g/mol. The molecule has 0 aliphatic heterocycles. The predicted molar refractivity (Wildman–Crippen MR) is 98.0 cm³/mol. The van der Waals surface area contributed by atoms with E-state index in [1.54, 1.807) is 12.1 Å². The molecule has 0 aliphatic rings. The molecule has 0 saturated carbocycles. The molecule has 1 N–H and O–H groups in total. The fourth-order valence-corrected chi connectivity index (χ4v) is 2.66. The fourth-order valence-electron chi connectivity index (χ4n) is 2.44. The standard InChI is InChI=1S/C20H25ClFNO/c1-2-3-4-5-13-23-14-16-9-11-17(12-10-16)24-15-18-19(21)7-6-8-20(18)22/h6-12,23H,2-5,13-15H2,1H3. The van der Waals surface area contributed by atoms with E-state index in [9.17, 15) is 4.39 Å². The van der Waals surface area contributed by atoms with E-state index in [0.717, 1.165) is 13.1 Å². The van der Waals surface area contributed by atoms with Gasteiger partial charge in [-0.05, 0) is 42.8 Å². The molecule has 0 fully saturated rings. The lowest BCUT2D eigenvalue weighted by Crippen LogP contribution is -2.14.